The molecule has 0 radical (unpaired) electrons. The Kier molecular flexibility index (Phi) is 3.95. The maximum atomic E-state index is 14.0. The number of rotatable bonds is 4. The first-order valence-corrected chi connectivity index (χ1v) is 6.20. The van der Waals surface area contributed by atoms with Gasteiger partial charge in [0.15, 0.2) is 0 Å². The van der Waals surface area contributed by atoms with Gasteiger partial charge < -0.3 is 14.6 Å². The third kappa shape index (κ3) is 2.47. The maximum absolute atomic E-state index is 14.0. The van der Waals surface area contributed by atoms with Gasteiger partial charge in [0.25, 0.3) is 0 Å². The smallest absolute Gasteiger partial charge is 0.129 e. The van der Waals surface area contributed by atoms with Crippen LogP contribution < -0.4 is 9.47 Å². The molecule has 106 valence electrons. The van der Waals surface area contributed by atoms with E-state index in [1.54, 1.807) is 36.4 Å². The molecule has 1 unspecified atom stereocenters. The molecular weight excluding hydrogens is 259 g/mol. The highest BCUT2D eigenvalue weighted by Crippen LogP contribution is 2.38. The van der Waals surface area contributed by atoms with Crippen LogP contribution >= 0.6 is 0 Å². The van der Waals surface area contributed by atoms with Crippen LogP contribution in [-0.2, 0) is 5.60 Å². The standard InChI is InChI=1S/C16H17FO3/c1-16(18,12-6-4-5-7-14(12)17)13-10-11(19-2)8-9-15(13)20-3/h4-10,18H,1-3H3. The Labute approximate surface area is 117 Å². The van der Waals surface area contributed by atoms with Gasteiger partial charge in [-0.2, -0.15) is 0 Å². The highest BCUT2D eigenvalue weighted by Gasteiger charge is 2.32. The van der Waals surface area contributed by atoms with Crippen LogP contribution in [0.25, 0.3) is 0 Å². The molecule has 0 saturated carbocycles. The van der Waals surface area contributed by atoms with Crippen molar-refractivity contribution in [2.24, 2.45) is 0 Å². The summed E-state index contributed by atoms with van der Waals surface area (Å²) in [6, 6.07) is 11.2. The van der Waals surface area contributed by atoms with Crippen molar-refractivity contribution in [2.45, 2.75) is 12.5 Å². The van der Waals surface area contributed by atoms with Crippen LogP contribution in [0.2, 0.25) is 0 Å². The van der Waals surface area contributed by atoms with E-state index in [4.69, 9.17) is 9.47 Å². The van der Waals surface area contributed by atoms with Gasteiger partial charge in [0.1, 0.15) is 22.9 Å². The van der Waals surface area contributed by atoms with E-state index in [-0.39, 0.29) is 5.56 Å². The molecule has 0 fully saturated rings. The molecule has 2 aromatic rings. The normalized spacial score (nSPS) is 13.7. The van der Waals surface area contributed by atoms with E-state index in [1.807, 2.05) is 0 Å². The lowest BCUT2D eigenvalue weighted by molar-refractivity contribution is 0.0945. The summed E-state index contributed by atoms with van der Waals surface area (Å²) in [4.78, 5) is 0. The van der Waals surface area contributed by atoms with Gasteiger partial charge in [0.2, 0.25) is 0 Å². The first-order valence-electron chi connectivity index (χ1n) is 6.20. The number of hydrogen-bond donors (Lipinski definition) is 1. The molecule has 1 atom stereocenters. The van der Waals surface area contributed by atoms with Gasteiger partial charge in [-0.1, -0.05) is 18.2 Å². The average molecular weight is 276 g/mol. The summed E-state index contributed by atoms with van der Waals surface area (Å²) in [6.45, 7) is 1.53. The molecule has 2 aromatic carbocycles. The summed E-state index contributed by atoms with van der Waals surface area (Å²) in [6.07, 6.45) is 0. The first kappa shape index (κ1) is 14.3. The summed E-state index contributed by atoms with van der Waals surface area (Å²) in [5, 5.41) is 10.8. The van der Waals surface area contributed by atoms with Gasteiger partial charge in [0.05, 0.1) is 14.2 Å². The summed E-state index contributed by atoms with van der Waals surface area (Å²) in [5.74, 6) is 0.568. The van der Waals surface area contributed by atoms with Gasteiger partial charge in [-0.25, -0.2) is 4.39 Å². The largest absolute Gasteiger partial charge is 0.497 e. The highest BCUT2D eigenvalue weighted by atomic mass is 19.1. The monoisotopic (exact) mass is 276 g/mol. The van der Waals surface area contributed by atoms with Gasteiger partial charge in [-0.3, -0.25) is 0 Å². The van der Waals surface area contributed by atoms with Crippen molar-refractivity contribution < 1.29 is 19.0 Å². The van der Waals surface area contributed by atoms with Gasteiger partial charge >= 0.3 is 0 Å². The van der Waals surface area contributed by atoms with Gasteiger partial charge in [0, 0.05) is 11.1 Å². The fourth-order valence-electron chi connectivity index (χ4n) is 2.20. The molecule has 0 heterocycles. The Bertz CT molecular complexity index is 608. The SMILES string of the molecule is COc1ccc(OC)c(C(C)(O)c2ccccc2F)c1. The fraction of sp³-hybridized carbons (Fsp3) is 0.250. The number of aliphatic hydroxyl groups is 1. The van der Waals surface area contributed by atoms with E-state index in [9.17, 15) is 9.50 Å². The number of methoxy groups -OCH3 is 2. The van der Waals surface area contributed by atoms with Crippen molar-refractivity contribution >= 4 is 0 Å². The summed E-state index contributed by atoms with van der Waals surface area (Å²) < 4.78 is 24.4. The summed E-state index contributed by atoms with van der Waals surface area (Å²) in [5.41, 5.74) is -0.887. The van der Waals surface area contributed by atoms with E-state index >= 15 is 0 Å². The predicted molar refractivity (Wildman–Crippen MR) is 74.6 cm³/mol. The molecule has 3 nitrogen and oxygen atoms in total. The van der Waals surface area contributed by atoms with Crippen LogP contribution in [0.15, 0.2) is 42.5 Å². The highest BCUT2D eigenvalue weighted by molar-refractivity contribution is 5.48. The number of hydrogen-bond acceptors (Lipinski definition) is 3. The second kappa shape index (κ2) is 5.51. The Balaban J connectivity index is 2.61. The molecule has 2 rings (SSSR count). The second-order valence-corrected chi connectivity index (χ2v) is 4.62. The minimum atomic E-state index is -1.52. The van der Waals surface area contributed by atoms with E-state index in [0.717, 1.165) is 0 Å². The quantitative estimate of drug-likeness (QED) is 0.932. The van der Waals surface area contributed by atoms with E-state index in [1.165, 1.54) is 27.2 Å². The van der Waals surface area contributed by atoms with Crippen LogP contribution in [0.4, 0.5) is 4.39 Å². The molecule has 0 aliphatic rings. The fourth-order valence-corrected chi connectivity index (χ4v) is 2.20. The molecule has 0 aromatic heterocycles. The zero-order valence-electron chi connectivity index (χ0n) is 11.7. The number of ether oxygens (including phenoxy) is 2. The molecule has 20 heavy (non-hydrogen) atoms. The molecular formula is C16H17FO3. The lowest BCUT2D eigenvalue weighted by Gasteiger charge is -2.27. The molecule has 0 bridgehead atoms. The van der Waals surface area contributed by atoms with Crippen LogP contribution in [0.1, 0.15) is 18.1 Å². The zero-order chi connectivity index (χ0) is 14.8. The number of benzene rings is 2. The van der Waals surface area contributed by atoms with Crippen LogP contribution in [-0.4, -0.2) is 19.3 Å². The average Bonchev–Trinajstić information content (AvgIpc) is 2.46. The predicted octanol–water partition coefficient (Wildman–Crippen LogP) is 3.10. The Morgan fingerprint density at radius 3 is 2.30 bits per heavy atom. The molecule has 0 amide bonds. The third-order valence-corrected chi connectivity index (χ3v) is 3.33. The minimum absolute atomic E-state index is 0.187. The lowest BCUT2D eigenvalue weighted by Crippen LogP contribution is -2.25. The summed E-state index contributed by atoms with van der Waals surface area (Å²) in [7, 11) is 3.03. The van der Waals surface area contributed by atoms with Gasteiger partial charge in [-0.15, -0.1) is 0 Å². The molecule has 1 N–H and O–H groups in total. The van der Waals surface area contributed by atoms with Crippen LogP contribution in [0.3, 0.4) is 0 Å². The van der Waals surface area contributed by atoms with Crippen molar-refractivity contribution in [1.82, 2.24) is 0 Å². The first-order chi connectivity index (χ1) is 9.50. The second-order valence-electron chi connectivity index (χ2n) is 4.62. The molecule has 0 spiro atoms. The Morgan fingerprint density at radius 1 is 1.00 bits per heavy atom. The van der Waals surface area contributed by atoms with Gasteiger partial charge in [-0.05, 0) is 31.2 Å². The van der Waals surface area contributed by atoms with Crippen molar-refractivity contribution in [3.8, 4) is 11.5 Å². The summed E-state index contributed by atoms with van der Waals surface area (Å²) >= 11 is 0. The molecule has 4 heteroatoms. The maximum Gasteiger partial charge on any atom is 0.129 e. The number of halogens is 1. The van der Waals surface area contributed by atoms with Crippen molar-refractivity contribution in [2.75, 3.05) is 14.2 Å². The Morgan fingerprint density at radius 2 is 1.70 bits per heavy atom. The lowest BCUT2D eigenvalue weighted by atomic mass is 9.87. The molecule has 0 aliphatic carbocycles. The van der Waals surface area contributed by atoms with Crippen LogP contribution in [0, 0.1) is 5.82 Å². The van der Waals surface area contributed by atoms with Crippen molar-refractivity contribution in [1.29, 1.82) is 0 Å². The van der Waals surface area contributed by atoms with E-state index < -0.39 is 11.4 Å². The molecule has 0 saturated heterocycles. The zero-order valence-corrected chi connectivity index (χ0v) is 11.7. The van der Waals surface area contributed by atoms with Crippen LogP contribution in [0.5, 0.6) is 11.5 Å². The minimum Gasteiger partial charge on any atom is -0.497 e. The van der Waals surface area contributed by atoms with Crippen molar-refractivity contribution in [3.05, 3.63) is 59.4 Å². The Hall–Kier alpha value is -2.07. The van der Waals surface area contributed by atoms with Crippen molar-refractivity contribution in [3.63, 3.8) is 0 Å². The van der Waals surface area contributed by atoms with E-state index in [2.05, 4.69) is 0 Å². The molecule has 0 aliphatic heterocycles. The third-order valence-electron chi connectivity index (χ3n) is 3.33. The van der Waals surface area contributed by atoms with E-state index in [0.29, 0.717) is 17.1 Å². The topological polar surface area (TPSA) is 38.7 Å².